The predicted octanol–water partition coefficient (Wildman–Crippen LogP) is 3.59. The minimum atomic E-state index is -0.111. The Morgan fingerprint density at radius 1 is 1.21 bits per heavy atom. The van der Waals surface area contributed by atoms with E-state index >= 15 is 0 Å². The molecule has 2 aromatic carbocycles. The fourth-order valence-corrected chi connectivity index (χ4v) is 3.33. The summed E-state index contributed by atoms with van der Waals surface area (Å²) in [5.41, 5.74) is 2.41. The highest BCUT2D eigenvalue weighted by Gasteiger charge is 2.17. The third-order valence-electron chi connectivity index (χ3n) is 3.88. The number of nitrogens with zero attached hydrogens (tertiary/aromatic N) is 1. The molecule has 0 bridgehead atoms. The molecular weight excluding hydrogens is 322 g/mol. The Morgan fingerprint density at radius 2 is 1.96 bits per heavy atom. The zero-order chi connectivity index (χ0) is 17.1. The molecule has 0 saturated carbocycles. The quantitative estimate of drug-likeness (QED) is 0.744. The summed E-state index contributed by atoms with van der Waals surface area (Å²) in [5.74, 6) is 0.726. The van der Waals surface area contributed by atoms with Crippen molar-refractivity contribution in [1.82, 2.24) is 9.69 Å². The van der Waals surface area contributed by atoms with Gasteiger partial charge in [0.2, 0.25) is 0 Å². The maximum Gasteiger partial charge on any atom is 0.256 e. The van der Waals surface area contributed by atoms with Crippen LogP contribution >= 0.6 is 11.5 Å². The summed E-state index contributed by atoms with van der Waals surface area (Å²) < 4.78 is 9.47. The Balaban J connectivity index is 1.75. The van der Waals surface area contributed by atoms with Crippen molar-refractivity contribution in [2.75, 3.05) is 19.5 Å². The van der Waals surface area contributed by atoms with Gasteiger partial charge in [-0.2, -0.15) is 4.37 Å². The van der Waals surface area contributed by atoms with E-state index in [1.54, 1.807) is 14.2 Å². The van der Waals surface area contributed by atoms with Gasteiger partial charge in [0.1, 0.15) is 10.8 Å². The van der Waals surface area contributed by atoms with Crippen LogP contribution < -0.4 is 15.4 Å². The molecular formula is C18H19N3O2S. The van der Waals surface area contributed by atoms with E-state index in [-0.39, 0.29) is 5.91 Å². The van der Waals surface area contributed by atoms with Gasteiger partial charge in [0, 0.05) is 13.6 Å². The van der Waals surface area contributed by atoms with Gasteiger partial charge in [-0.05, 0) is 53.0 Å². The number of methoxy groups -OCH3 is 1. The lowest BCUT2D eigenvalue weighted by Crippen LogP contribution is -2.23. The number of nitrogens with one attached hydrogen (secondary N) is 2. The molecule has 0 unspecified atom stereocenters. The van der Waals surface area contributed by atoms with Crippen LogP contribution in [0.25, 0.3) is 10.8 Å². The maximum absolute atomic E-state index is 12.4. The molecule has 2 N–H and O–H groups in total. The van der Waals surface area contributed by atoms with E-state index in [2.05, 4.69) is 21.1 Å². The number of anilines is 1. The average molecular weight is 341 g/mol. The largest absolute Gasteiger partial charge is 0.497 e. The molecule has 0 saturated heterocycles. The molecule has 0 atom stereocenters. The van der Waals surface area contributed by atoms with E-state index in [9.17, 15) is 4.79 Å². The average Bonchev–Trinajstić information content (AvgIpc) is 2.99. The van der Waals surface area contributed by atoms with Crippen LogP contribution in [0.3, 0.4) is 0 Å². The van der Waals surface area contributed by atoms with Crippen LogP contribution in [-0.2, 0) is 6.54 Å². The van der Waals surface area contributed by atoms with Crippen LogP contribution in [-0.4, -0.2) is 24.4 Å². The molecule has 1 aromatic heterocycles. The monoisotopic (exact) mass is 341 g/mol. The smallest absolute Gasteiger partial charge is 0.256 e. The molecule has 3 aromatic rings. The Labute approximate surface area is 144 Å². The number of hydrogen-bond donors (Lipinski definition) is 2. The molecule has 1 heterocycles. The van der Waals surface area contributed by atoms with Gasteiger partial charge in [0.25, 0.3) is 5.91 Å². The number of hydrogen-bond acceptors (Lipinski definition) is 5. The molecule has 24 heavy (non-hydrogen) atoms. The van der Waals surface area contributed by atoms with Gasteiger partial charge < -0.3 is 15.4 Å². The zero-order valence-corrected chi connectivity index (χ0v) is 14.7. The number of amides is 1. The molecule has 0 aliphatic rings. The van der Waals surface area contributed by atoms with Crippen LogP contribution in [0.15, 0.2) is 36.4 Å². The summed E-state index contributed by atoms with van der Waals surface area (Å²) in [7, 11) is 3.45. The lowest BCUT2D eigenvalue weighted by molar-refractivity contribution is 0.0951. The van der Waals surface area contributed by atoms with Crippen molar-refractivity contribution >= 4 is 33.2 Å². The van der Waals surface area contributed by atoms with Crippen molar-refractivity contribution in [2.24, 2.45) is 0 Å². The highest BCUT2D eigenvalue weighted by atomic mass is 32.1. The molecule has 0 aliphatic heterocycles. The normalized spacial score (nSPS) is 10.6. The Kier molecular flexibility index (Phi) is 4.66. The number of rotatable bonds is 5. The fourth-order valence-electron chi connectivity index (χ4n) is 2.59. The summed E-state index contributed by atoms with van der Waals surface area (Å²) >= 11 is 1.30. The second-order valence-electron chi connectivity index (χ2n) is 5.45. The van der Waals surface area contributed by atoms with Crippen molar-refractivity contribution in [2.45, 2.75) is 13.5 Å². The SMILES string of the molecule is CNc1snc(C)c1C(=O)NCc1ccc2cc(OC)ccc2c1. The molecule has 0 radical (unpaired) electrons. The lowest BCUT2D eigenvalue weighted by Gasteiger charge is -2.08. The summed E-state index contributed by atoms with van der Waals surface area (Å²) in [6.45, 7) is 2.31. The van der Waals surface area contributed by atoms with Crippen LogP contribution in [0.1, 0.15) is 21.6 Å². The number of benzene rings is 2. The standard InChI is InChI=1S/C18H19N3O2S/c1-11-16(18(19-2)24-21-11)17(22)20-10-12-4-5-14-9-15(23-3)7-6-13(14)8-12/h4-9,19H,10H2,1-3H3,(H,20,22). The van der Waals surface area contributed by atoms with Gasteiger partial charge in [0.05, 0.1) is 18.4 Å². The first-order valence-corrected chi connectivity index (χ1v) is 8.38. The van der Waals surface area contributed by atoms with Gasteiger partial charge in [0.15, 0.2) is 0 Å². The van der Waals surface area contributed by atoms with Crippen molar-refractivity contribution in [3.8, 4) is 5.75 Å². The van der Waals surface area contributed by atoms with Crippen molar-refractivity contribution in [3.05, 3.63) is 53.2 Å². The molecule has 0 aliphatic carbocycles. The highest BCUT2D eigenvalue weighted by Crippen LogP contribution is 2.24. The van der Waals surface area contributed by atoms with Crippen molar-refractivity contribution < 1.29 is 9.53 Å². The van der Waals surface area contributed by atoms with E-state index in [1.165, 1.54) is 11.5 Å². The zero-order valence-electron chi connectivity index (χ0n) is 13.8. The third kappa shape index (κ3) is 3.19. The van der Waals surface area contributed by atoms with Gasteiger partial charge >= 0.3 is 0 Å². The van der Waals surface area contributed by atoms with E-state index in [0.29, 0.717) is 12.1 Å². The Bertz CT molecular complexity index is 889. The minimum Gasteiger partial charge on any atom is -0.497 e. The Morgan fingerprint density at radius 3 is 2.71 bits per heavy atom. The summed E-state index contributed by atoms with van der Waals surface area (Å²) in [6, 6.07) is 12.1. The fraction of sp³-hybridized carbons (Fsp3) is 0.222. The minimum absolute atomic E-state index is 0.111. The van der Waals surface area contributed by atoms with Crippen molar-refractivity contribution in [3.63, 3.8) is 0 Å². The summed E-state index contributed by atoms with van der Waals surface area (Å²) in [6.07, 6.45) is 0. The first-order chi connectivity index (χ1) is 11.6. The molecule has 124 valence electrons. The van der Waals surface area contributed by atoms with Gasteiger partial charge in [-0.25, -0.2) is 0 Å². The van der Waals surface area contributed by atoms with Gasteiger partial charge in [-0.1, -0.05) is 18.2 Å². The molecule has 3 rings (SSSR count). The molecule has 0 fully saturated rings. The number of aromatic nitrogens is 1. The van der Waals surface area contributed by atoms with Crippen LogP contribution in [0.5, 0.6) is 5.75 Å². The molecule has 5 nitrogen and oxygen atoms in total. The van der Waals surface area contributed by atoms with E-state index in [1.807, 2.05) is 37.3 Å². The maximum atomic E-state index is 12.4. The van der Waals surface area contributed by atoms with E-state index in [0.717, 1.165) is 32.8 Å². The van der Waals surface area contributed by atoms with Crippen LogP contribution in [0.4, 0.5) is 5.00 Å². The van der Waals surface area contributed by atoms with E-state index < -0.39 is 0 Å². The second-order valence-corrected chi connectivity index (χ2v) is 6.23. The molecule has 0 spiro atoms. The number of carbonyl (C=O) groups excluding carboxylic acids is 1. The predicted molar refractivity (Wildman–Crippen MR) is 98.1 cm³/mol. The number of fused-ring (bicyclic) bond motifs is 1. The summed E-state index contributed by atoms with van der Waals surface area (Å²) in [5, 5.41) is 9.00. The molecule has 6 heteroatoms. The van der Waals surface area contributed by atoms with Crippen molar-refractivity contribution in [1.29, 1.82) is 0 Å². The van der Waals surface area contributed by atoms with E-state index in [4.69, 9.17) is 4.74 Å². The first kappa shape index (κ1) is 16.3. The van der Waals surface area contributed by atoms with Crippen LogP contribution in [0.2, 0.25) is 0 Å². The second kappa shape index (κ2) is 6.88. The molecule has 1 amide bonds. The first-order valence-electron chi connectivity index (χ1n) is 7.61. The van der Waals surface area contributed by atoms with Crippen LogP contribution in [0, 0.1) is 6.92 Å². The van der Waals surface area contributed by atoms with Gasteiger partial charge in [-0.3, -0.25) is 4.79 Å². The lowest BCUT2D eigenvalue weighted by atomic mass is 10.1. The Hall–Kier alpha value is -2.60. The third-order valence-corrected chi connectivity index (χ3v) is 4.84. The number of carbonyl (C=O) groups is 1. The topological polar surface area (TPSA) is 63.2 Å². The van der Waals surface area contributed by atoms with Gasteiger partial charge in [-0.15, -0.1) is 0 Å². The number of aryl methyl sites for hydroxylation is 1. The highest BCUT2D eigenvalue weighted by molar-refractivity contribution is 7.10. The summed E-state index contributed by atoms with van der Waals surface area (Å²) in [4.78, 5) is 12.4. The number of ether oxygens (including phenoxy) is 1.